The fourth-order valence-corrected chi connectivity index (χ4v) is 6.87. The minimum atomic E-state index is -1.87. The average Bonchev–Trinajstić information content (AvgIpc) is 3.18. The van der Waals surface area contributed by atoms with Crippen LogP contribution in [0.4, 0.5) is 0 Å². The summed E-state index contributed by atoms with van der Waals surface area (Å²) in [5, 5.41) is 23.6. The second-order valence-electron chi connectivity index (χ2n) is 14.6. The number of hydrogen-bond acceptors (Lipinski definition) is 15. The number of fused-ring (bicyclic) bond motifs is 3. The third kappa shape index (κ3) is 13.8. The van der Waals surface area contributed by atoms with Gasteiger partial charge < -0.3 is 48.1 Å². The van der Waals surface area contributed by atoms with Crippen molar-refractivity contribution in [3.8, 4) is 0 Å². The van der Waals surface area contributed by atoms with E-state index in [1.54, 1.807) is 38.1 Å². The molecule has 0 spiro atoms. The Morgan fingerprint density at radius 3 is 2.26 bits per heavy atom. The van der Waals surface area contributed by atoms with Crippen LogP contribution in [-0.4, -0.2) is 114 Å². The molecular weight excluding hydrogens is 744 g/mol. The van der Waals surface area contributed by atoms with Gasteiger partial charge in [0.2, 0.25) is 0 Å². The van der Waals surface area contributed by atoms with Crippen LogP contribution < -0.4 is 0 Å². The van der Waals surface area contributed by atoms with Gasteiger partial charge in [0, 0.05) is 31.4 Å². The van der Waals surface area contributed by atoms with Crippen molar-refractivity contribution in [1.82, 2.24) is 0 Å². The summed E-state index contributed by atoms with van der Waals surface area (Å²) in [7, 11) is 0. The molecular formula is C42H58O15. The smallest absolute Gasteiger partial charge is 0.333 e. The van der Waals surface area contributed by atoms with Gasteiger partial charge in [-0.1, -0.05) is 69.0 Å². The minimum absolute atomic E-state index is 0.0321. The number of hydrogen-bond donors (Lipinski definition) is 2. The first-order chi connectivity index (χ1) is 27.3. The number of benzene rings is 1. The molecule has 1 aromatic rings. The molecule has 11 atom stereocenters. The molecule has 3 aliphatic rings. The van der Waals surface area contributed by atoms with E-state index < -0.39 is 91.9 Å². The maximum atomic E-state index is 13.3. The number of cyclic esters (lactones) is 1. The van der Waals surface area contributed by atoms with Gasteiger partial charge in [0.05, 0.1) is 18.6 Å². The fourth-order valence-electron chi connectivity index (χ4n) is 6.87. The van der Waals surface area contributed by atoms with Crippen LogP contribution in [0, 0.1) is 0 Å². The number of carbonyl (C=O) groups excluding carboxylic acids is 5. The van der Waals surface area contributed by atoms with E-state index in [1.165, 1.54) is 26.0 Å². The Kier molecular flexibility index (Phi) is 18.3. The SMILES string of the molecule is CC=C(C)C(=O)OC1C(O)C2OC(COC(=O)CCC(=O)CCCCCC[C@H](CCC)OC3OC(C)C(OC(C)=O)C(O)C3O2)C1OC(=O)C=Cc1ccccc1. The van der Waals surface area contributed by atoms with Gasteiger partial charge in [-0.05, 0) is 51.7 Å². The second kappa shape index (κ2) is 22.8. The van der Waals surface area contributed by atoms with Gasteiger partial charge in [-0.25, -0.2) is 9.59 Å². The van der Waals surface area contributed by atoms with Crippen LogP contribution in [0.15, 0.2) is 48.1 Å². The van der Waals surface area contributed by atoms with E-state index >= 15 is 0 Å². The van der Waals surface area contributed by atoms with Gasteiger partial charge in [-0.2, -0.15) is 0 Å². The molecule has 1 aromatic carbocycles. The molecule has 2 bridgehead atoms. The van der Waals surface area contributed by atoms with Gasteiger partial charge in [0.1, 0.15) is 36.8 Å². The van der Waals surface area contributed by atoms with Crippen molar-refractivity contribution in [2.45, 2.75) is 166 Å². The molecule has 3 aliphatic heterocycles. The minimum Gasteiger partial charge on any atom is -0.463 e. The van der Waals surface area contributed by atoms with E-state index in [9.17, 15) is 34.2 Å². The Bertz CT molecular complexity index is 1540. The summed E-state index contributed by atoms with van der Waals surface area (Å²) < 4.78 is 47.7. The molecule has 3 saturated heterocycles. The Labute approximate surface area is 333 Å². The molecule has 15 nitrogen and oxygen atoms in total. The molecule has 0 radical (unpaired) electrons. The summed E-state index contributed by atoms with van der Waals surface area (Å²) in [6.45, 7) is 7.34. The monoisotopic (exact) mass is 802 g/mol. The number of ether oxygens (including phenoxy) is 8. The molecule has 57 heavy (non-hydrogen) atoms. The van der Waals surface area contributed by atoms with Crippen LogP contribution in [0.1, 0.15) is 104 Å². The lowest BCUT2D eigenvalue weighted by Gasteiger charge is -2.47. The predicted octanol–water partition coefficient (Wildman–Crippen LogP) is 4.43. The van der Waals surface area contributed by atoms with Gasteiger partial charge >= 0.3 is 23.9 Å². The van der Waals surface area contributed by atoms with Gasteiger partial charge in [-0.15, -0.1) is 0 Å². The Balaban J connectivity index is 1.74. The summed E-state index contributed by atoms with van der Waals surface area (Å²) in [5.41, 5.74) is 0.860. The molecule has 0 aromatic heterocycles. The van der Waals surface area contributed by atoms with Crippen molar-refractivity contribution in [3.05, 3.63) is 53.6 Å². The highest BCUT2D eigenvalue weighted by Gasteiger charge is 2.55. The van der Waals surface area contributed by atoms with Crippen molar-refractivity contribution >= 4 is 35.7 Å². The summed E-state index contributed by atoms with van der Waals surface area (Å²) in [4.78, 5) is 64.2. The summed E-state index contributed by atoms with van der Waals surface area (Å²) in [6, 6.07) is 8.91. The molecule has 0 aliphatic carbocycles. The third-order valence-corrected chi connectivity index (χ3v) is 10.1. The number of rotatable bonds is 8. The standard InChI is InChI=1S/C42H58O15/c1-6-15-30-19-14-9-8-13-18-29(44)21-23-32(45)50-24-31-37(55-33(46)22-20-28-16-11-10-12-17-28)38(56-40(49)25(3)7-2)35(48)41(54-31)57-39-34(47)36(52-27(5)43)26(4)51-42(39)53-30/h7,10-12,16-17,20,22,26,30-31,34-39,41-42,47-48H,6,8-9,13-15,18-19,21,23-24H2,1-5H3/t26?,30-,31?,34?,35?,36?,37?,38?,39?,41?,42?/m0/s1. The van der Waals surface area contributed by atoms with Crippen molar-refractivity contribution in [2.75, 3.05) is 6.61 Å². The molecule has 4 rings (SSSR count). The first-order valence-electron chi connectivity index (χ1n) is 19.9. The number of ketones is 1. The van der Waals surface area contributed by atoms with Gasteiger partial charge in [0.15, 0.2) is 30.9 Å². The largest absolute Gasteiger partial charge is 0.463 e. The van der Waals surface area contributed by atoms with E-state index in [1.807, 2.05) is 13.0 Å². The van der Waals surface area contributed by atoms with Crippen LogP contribution in [-0.2, 0) is 61.9 Å². The first kappa shape index (κ1) is 45.7. The summed E-state index contributed by atoms with van der Waals surface area (Å²) in [6.07, 6.45) is -5.55. The van der Waals surface area contributed by atoms with Gasteiger partial charge in [-0.3, -0.25) is 14.4 Å². The Morgan fingerprint density at radius 1 is 0.825 bits per heavy atom. The van der Waals surface area contributed by atoms with Crippen LogP contribution in [0.25, 0.3) is 6.08 Å². The quantitative estimate of drug-likeness (QED) is 0.212. The Morgan fingerprint density at radius 2 is 1.56 bits per heavy atom. The van der Waals surface area contributed by atoms with Gasteiger partial charge in [0.25, 0.3) is 0 Å². The van der Waals surface area contributed by atoms with E-state index in [0.717, 1.165) is 31.8 Å². The first-order valence-corrected chi connectivity index (χ1v) is 19.9. The maximum Gasteiger partial charge on any atom is 0.333 e. The molecule has 10 unspecified atom stereocenters. The molecule has 0 saturated carbocycles. The summed E-state index contributed by atoms with van der Waals surface area (Å²) in [5.74, 6) is -3.24. The van der Waals surface area contributed by atoms with Crippen LogP contribution in [0.5, 0.6) is 0 Å². The van der Waals surface area contributed by atoms with E-state index in [2.05, 4.69) is 0 Å². The highest BCUT2D eigenvalue weighted by molar-refractivity contribution is 5.88. The molecule has 3 heterocycles. The third-order valence-electron chi connectivity index (χ3n) is 10.1. The number of aliphatic hydroxyl groups is 2. The molecule has 0 amide bonds. The van der Waals surface area contributed by atoms with E-state index in [0.29, 0.717) is 31.2 Å². The average molecular weight is 803 g/mol. The molecule has 3 fully saturated rings. The highest BCUT2D eigenvalue weighted by Crippen LogP contribution is 2.34. The number of esters is 4. The summed E-state index contributed by atoms with van der Waals surface area (Å²) >= 11 is 0. The highest BCUT2D eigenvalue weighted by atomic mass is 16.8. The normalized spacial score (nSPS) is 32.7. The molecule has 316 valence electrons. The van der Waals surface area contributed by atoms with Crippen molar-refractivity contribution in [1.29, 1.82) is 0 Å². The molecule has 15 heteroatoms. The number of carbonyl (C=O) groups is 5. The zero-order chi connectivity index (χ0) is 41.5. The van der Waals surface area contributed by atoms with Crippen molar-refractivity contribution in [3.63, 3.8) is 0 Å². The predicted molar refractivity (Wildman–Crippen MR) is 203 cm³/mol. The number of Topliss-reactive ketones (excluding diaryl/α,β-unsaturated/α-hetero) is 1. The number of aliphatic hydroxyl groups excluding tert-OH is 2. The topological polar surface area (TPSA) is 200 Å². The van der Waals surface area contributed by atoms with Crippen molar-refractivity contribution < 1.29 is 72.1 Å². The van der Waals surface area contributed by atoms with E-state index in [-0.39, 0.29) is 30.3 Å². The van der Waals surface area contributed by atoms with Crippen LogP contribution in [0.2, 0.25) is 0 Å². The van der Waals surface area contributed by atoms with Crippen molar-refractivity contribution in [2.24, 2.45) is 0 Å². The molecule has 2 N–H and O–H groups in total. The number of allylic oxidation sites excluding steroid dienone is 1. The maximum absolute atomic E-state index is 13.3. The van der Waals surface area contributed by atoms with Crippen LogP contribution in [0.3, 0.4) is 0 Å². The lowest BCUT2D eigenvalue weighted by atomic mass is 9.96. The Hall–Kier alpha value is -3.99. The zero-order valence-electron chi connectivity index (χ0n) is 33.4. The second-order valence-corrected chi connectivity index (χ2v) is 14.6. The van der Waals surface area contributed by atoms with Crippen LogP contribution >= 0.6 is 0 Å². The zero-order valence-corrected chi connectivity index (χ0v) is 33.4. The fraction of sp³-hybridized carbons (Fsp3) is 0.643. The lowest BCUT2D eigenvalue weighted by molar-refractivity contribution is -0.369. The lowest BCUT2D eigenvalue weighted by Crippen LogP contribution is -2.65. The van der Waals surface area contributed by atoms with E-state index in [4.69, 9.17) is 37.9 Å².